The van der Waals surface area contributed by atoms with Crippen molar-refractivity contribution >= 4 is 5.69 Å². The molecule has 82 valence electrons. The largest absolute Gasteiger partial charge is 0.497 e. The molecule has 0 saturated carbocycles. The van der Waals surface area contributed by atoms with Crippen LogP contribution < -0.4 is 10.5 Å². The van der Waals surface area contributed by atoms with Crippen LogP contribution in [0.1, 0.15) is 5.56 Å². The summed E-state index contributed by atoms with van der Waals surface area (Å²) in [4.78, 5) is 0. The van der Waals surface area contributed by atoms with Crippen LogP contribution in [-0.4, -0.2) is 7.11 Å². The summed E-state index contributed by atoms with van der Waals surface area (Å²) in [5.74, 6) is 0.856. The molecule has 0 saturated heterocycles. The molecule has 0 fully saturated rings. The molecule has 2 rings (SSSR count). The predicted octanol–water partition coefficient (Wildman–Crippen LogP) is 3.25. The molecule has 0 amide bonds. The van der Waals surface area contributed by atoms with Gasteiger partial charge in [-0.05, 0) is 36.8 Å². The maximum absolute atomic E-state index is 5.96. The Bertz CT molecular complexity index is 489. The number of nitrogens with two attached hydrogens (primary N) is 1. The van der Waals surface area contributed by atoms with Crippen LogP contribution in [0.5, 0.6) is 5.75 Å². The van der Waals surface area contributed by atoms with Gasteiger partial charge in [-0.2, -0.15) is 0 Å². The highest BCUT2D eigenvalue weighted by molar-refractivity contribution is 5.77. The zero-order valence-electron chi connectivity index (χ0n) is 9.53. The van der Waals surface area contributed by atoms with E-state index < -0.39 is 0 Å². The third kappa shape index (κ3) is 2.01. The van der Waals surface area contributed by atoms with Crippen LogP contribution in [0.15, 0.2) is 42.5 Å². The maximum atomic E-state index is 5.96. The van der Waals surface area contributed by atoms with E-state index in [1.165, 1.54) is 5.56 Å². The van der Waals surface area contributed by atoms with Gasteiger partial charge in [0.15, 0.2) is 0 Å². The van der Waals surface area contributed by atoms with Gasteiger partial charge in [-0.3, -0.25) is 0 Å². The van der Waals surface area contributed by atoms with Gasteiger partial charge in [-0.15, -0.1) is 0 Å². The molecule has 0 bridgehead atoms. The van der Waals surface area contributed by atoms with E-state index in [4.69, 9.17) is 10.5 Å². The number of methoxy groups -OCH3 is 1. The SMILES string of the molecule is COc1ccc(-c2cc(C)ccc2N)cc1. The summed E-state index contributed by atoms with van der Waals surface area (Å²) in [5.41, 5.74) is 10.2. The Morgan fingerprint density at radius 3 is 2.31 bits per heavy atom. The summed E-state index contributed by atoms with van der Waals surface area (Å²) in [6.45, 7) is 2.06. The van der Waals surface area contributed by atoms with Crippen LogP contribution in [0, 0.1) is 6.92 Å². The maximum Gasteiger partial charge on any atom is 0.118 e. The van der Waals surface area contributed by atoms with Crippen molar-refractivity contribution in [3.05, 3.63) is 48.0 Å². The fourth-order valence-electron chi connectivity index (χ4n) is 1.69. The number of benzene rings is 2. The van der Waals surface area contributed by atoms with Crippen LogP contribution in [0.4, 0.5) is 5.69 Å². The van der Waals surface area contributed by atoms with Gasteiger partial charge in [0.1, 0.15) is 5.75 Å². The fourth-order valence-corrected chi connectivity index (χ4v) is 1.69. The second kappa shape index (κ2) is 4.27. The first-order valence-corrected chi connectivity index (χ1v) is 5.21. The number of rotatable bonds is 2. The van der Waals surface area contributed by atoms with Gasteiger partial charge in [-0.25, -0.2) is 0 Å². The quantitative estimate of drug-likeness (QED) is 0.777. The summed E-state index contributed by atoms with van der Waals surface area (Å²) in [6.07, 6.45) is 0. The predicted molar refractivity (Wildman–Crippen MR) is 67.6 cm³/mol. The standard InChI is InChI=1S/C14H15NO/c1-10-3-8-14(15)13(9-10)11-4-6-12(16-2)7-5-11/h3-9H,15H2,1-2H3. The van der Waals surface area contributed by atoms with Crippen molar-refractivity contribution in [2.75, 3.05) is 12.8 Å². The molecule has 2 aromatic rings. The number of aryl methyl sites for hydroxylation is 1. The Kier molecular flexibility index (Phi) is 2.82. The van der Waals surface area contributed by atoms with Crippen molar-refractivity contribution in [3.63, 3.8) is 0 Å². The van der Waals surface area contributed by atoms with E-state index in [1.54, 1.807) is 7.11 Å². The highest BCUT2D eigenvalue weighted by atomic mass is 16.5. The molecule has 2 heteroatoms. The topological polar surface area (TPSA) is 35.2 Å². The molecule has 0 heterocycles. The van der Waals surface area contributed by atoms with Gasteiger partial charge in [0.05, 0.1) is 7.11 Å². The van der Waals surface area contributed by atoms with Crippen molar-refractivity contribution in [3.8, 4) is 16.9 Å². The van der Waals surface area contributed by atoms with Crippen LogP contribution in [0.2, 0.25) is 0 Å². The van der Waals surface area contributed by atoms with E-state index in [2.05, 4.69) is 13.0 Å². The molecule has 0 spiro atoms. The summed E-state index contributed by atoms with van der Waals surface area (Å²) in [7, 11) is 1.66. The van der Waals surface area contributed by atoms with Crippen molar-refractivity contribution in [1.29, 1.82) is 0 Å². The molecule has 0 radical (unpaired) electrons. The zero-order chi connectivity index (χ0) is 11.5. The zero-order valence-corrected chi connectivity index (χ0v) is 9.53. The lowest BCUT2D eigenvalue weighted by Crippen LogP contribution is -1.91. The average Bonchev–Trinajstić information content (AvgIpc) is 2.32. The van der Waals surface area contributed by atoms with Gasteiger partial charge in [0, 0.05) is 11.3 Å². The third-order valence-corrected chi connectivity index (χ3v) is 2.61. The minimum Gasteiger partial charge on any atom is -0.497 e. The average molecular weight is 213 g/mol. The molecule has 2 nitrogen and oxygen atoms in total. The van der Waals surface area contributed by atoms with Crippen LogP contribution in [-0.2, 0) is 0 Å². The second-order valence-corrected chi connectivity index (χ2v) is 3.82. The molecule has 2 aromatic carbocycles. The Morgan fingerprint density at radius 2 is 1.69 bits per heavy atom. The van der Waals surface area contributed by atoms with Crippen LogP contribution >= 0.6 is 0 Å². The van der Waals surface area contributed by atoms with Gasteiger partial charge < -0.3 is 10.5 Å². The van der Waals surface area contributed by atoms with Crippen molar-refractivity contribution < 1.29 is 4.74 Å². The smallest absolute Gasteiger partial charge is 0.118 e. The molecular formula is C14H15NO. The minimum absolute atomic E-state index is 0.802. The van der Waals surface area contributed by atoms with E-state index in [0.717, 1.165) is 22.6 Å². The highest BCUT2D eigenvalue weighted by Crippen LogP contribution is 2.28. The molecule has 0 aliphatic carbocycles. The Labute approximate surface area is 95.7 Å². The summed E-state index contributed by atoms with van der Waals surface area (Å²) < 4.78 is 5.13. The number of hydrogen-bond acceptors (Lipinski definition) is 2. The summed E-state index contributed by atoms with van der Waals surface area (Å²) in [5, 5.41) is 0. The molecule has 0 aliphatic heterocycles. The monoisotopic (exact) mass is 213 g/mol. The minimum atomic E-state index is 0.802. The van der Waals surface area contributed by atoms with Crippen molar-refractivity contribution in [2.45, 2.75) is 6.92 Å². The first kappa shape index (κ1) is 10.6. The second-order valence-electron chi connectivity index (χ2n) is 3.82. The van der Waals surface area contributed by atoms with E-state index in [9.17, 15) is 0 Å². The summed E-state index contributed by atoms with van der Waals surface area (Å²) >= 11 is 0. The molecule has 0 unspecified atom stereocenters. The van der Waals surface area contributed by atoms with Gasteiger partial charge >= 0.3 is 0 Å². The van der Waals surface area contributed by atoms with Crippen molar-refractivity contribution in [1.82, 2.24) is 0 Å². The number of anilines is 1. The molecule has 0 atom stereocenters. The van der Waals surface area contributed by atoms with E-state index >= 15 is 0 Å². The van der Waals surface area contributed by atoms with Gasteiger partial charge in [0.25, 0.3) is 0 Å². The number of ether oxygens (including phenoxy) is 1. The lowest BCUT2D eigenvalue weighted by atomic mass is 10.0. The molecule has 0 aliphatic rings. The lowest BCUT2D eigenvalue weighted by Gasteiger charge is -2.08. The highest BCUT2D eigenvalue weighted by Gasteiger charge is 2.02. The molecular weight excluding hydrogens is 198 g/mol. The van der Waals surface area contributed by atoms with E-state index in [1.807, 2.05) is 36.4 Å². The summed E-state index contributed by atoms with van der Waals surface area (Å²) in [6, 6.07) is 14.0. The number of hydrogen-bond donors (Lipinski definition) is 1. The lowest BCUT2D eigenvalue weighted by molar-refractivity contribution is 0.415. The van der Waals surface area contributed by atoms with Gasteiger partial charge in [-0.1, -0.05) is 23.8 Å². The molecule has 2 N–H and O–H groups in total. The molecule has 16 heavy (non-hydrogen) atoms. The fraction of sp³-hybridized carbons (Fsp3) is 0.143. The first-order valence-electron chi connectivity index (χ1n) is 5.21. The van der Waals surface area contributed by atoms with E-state index in [-0.39, 0.29) is 0 Å². The molecule has 0 aromatic heterocycles. The normalized spacial score (nSPS) is 10.1. The third-order valence-electron chi connectivity index (χ3n) is 2.61. The van der Waals surface area contributed by atoms with Crippen LogP contribution in [0.3, 0.4) is 0 Å². The van der Waals surface area contributed by atoms with Crippen LogP contribution in [0.25, 0.3) is 11.1 Å². The van der Waals surface area contributed by atoms with Crippen molar-refractivity contribution in [2.24, 2.45) is 0 Å². The Morgan fingerprint density at radius 1 is 1.00 bits per heavy atom. The Hall–Kier alpha value is -1.96. The Balaban J connectivity index is 2.45. The van der Waals surface area contributed by atoms with Gasteiger partial charge in [0.2, 0.25) is 0 Å². The first-order chi connectivity index (χ1) is 7.70. The van der Waals surface area contributed by atoms with E-state index in [0.29, 0.717) is 0 Å². The number of nitrogen functional groups attached to an aromatic ring is 1.